The van der Waals surface area contributed by atoms with Gasteiger partial charge in [0.15, 0.2) is 0 Å². The van der Waals surface area contributed by atoms with E-state index in [4.69, 9.17) is 0 Å². The van der Waals surface area contributed by atoms with Crippen LogP contribution in [0.2, 0.25) is 0 Å². The Kier molecular flexibility index (Phi) is 8.32. The molecule has 0 radical (unpaired) electrons. The Labute approximate surface area is 202 Å². The number of carbonyl (C=O) groups excluding carboxylic acids is 1. The van der Waals surface area contributed by atoms with Crippen LogP contribution in [0.4, 0.5) is 8.78 Å². The molecule has 2 heterocycles. The van der Waals surface area contributed by atoms with Gasteiger partial charge >= 0.3 is 0 Å². The second kappa shape index (κ2) is 11.4. The number of rotatable bonds is 7. The summed E-state index contributed by atoms with van der Waals surface area (Å²) in [4.78, 5) is 20.4. The highest BCUT2D eigenvalue weighted by Crippen LogP contribution is 2.30. The topological polar surface area (TPSA) is 26.8 Å². The first-order chi connectivity index (χ1) is 16.4. The van der Waals surface area contributed by atoms with Crippen LogP contribution in [-0.4, -0.2) is 65.9 Å². The molecule has 2 saturated heterocycles. The molecule has 1 amide bonds. The van der Waals surface area contributed by atoms with E-state index in [1.54, 1.807) is 24.3 Å². The maximum Gasteiger partial charge on any atom is 0.240 e. The maximum absolute atomic E-state index is 13.6. The van der Waals surface area contributed by atoms with Gasteiger partial charge in [-0.25, -0.2) is 8.78 Å². The predicted octanol–water partition coefficient (Wildman–Crippen LogP) is 5.10. The second-order valence-electron chi connectivity index (χ2n) is 10.1. The first-order valence-electron chi connectivity index (χ1n) is 12.7. The van der Waals surface area contributed by atoms with Crippen LogP contribution in [0, 0.1) is 17.6 Å². The largest absolute Gasteiger partial charge is 0.339 e. The lowest BCUT2D eigenvalue weighted by Gasteiger charge is -2.43. The lowest BCUT2D eigenvalue weighted by atomic mass is 9.95. The van der Waals surface area contributed by atoms with E-state index >= 15 is 0 Å². The van der Waals surface area contributed by atoms with Gasteiger partial charge in [0.1, 0.15) is 11.6 Å². The normalized spacial score (nSPS) is 19.1. The summed E-state index contributed by atoms with van der Waals surface area (Å²) in [6.45, 7) is 9.19. The molecule has 0 bridgehead atoms. The molecule has 1 unspecified atom stereocenters. The highest BCUT2D eigenvalue weighted by molar-refractivity contribution is 5.82. The SMILES string of the molecule is CC(C)CC(C(=O)N1CCN(C(c2ccc(F)cc2)c2ccc(F)cc2)CC1)N1CCCCC1. The smallest absolute Gasteiger partial charge is 0.240 e. The molecule has 4 nitrogen and oxygen atoms in total. The van der Waals surface area contributed by atoms with Crippen LogP contribution in [0.3, 0.4) is 0 Å². The van der Waals surface area contributed by atoms with Crippen LogP contribution in [0.25, 0.3) is 0 Å². The fraction of sp³-hybridized carbons (Fsp3) is 0.536. The van der Waals surface area contributed by atoms with Gasteiger partial charge in [-0.15, -0.1) is 0 Å². The van der Waals surface area contributed by atoms with E-state index in [0.29, 0.717) is 19.0 Å². The first kappa shape index (κ1) is 24.8. The maximum atomic E-state index is 13.6. The van der Waals surface area contributed by atoms with E-state index in [-0.39, 0.29) is 29.6 Å². The summed E-state index contributed by atoms with van der Waals surface area (Å²) >= 11 is 0. The lowest BCUT2D eigenvalue weighted by molar-refractivity contribution is -0.140. The van der Waals surface area contributed by atoms with E-state index < -0.39 is 0 Å². The van der Waals surface area contributed by atoms with Crippen molar-refractivity contribution >= 4 is 5.91 Å². The van der Waals surface area contributed by atoms with E-state index in [0.717, 1.165) is 43.7 Å². The van der Waals surface area contributed by atoms with Gasteiger partial charge in [-0.3, -0.25) is 14.6 Å². The van der Waals surface area contributed by atoms with Crippen LogP contribution in [0.5, 0.6) is 0 Å². The van der Waals surface area contributed by atoms with Crippen molar-refractivity contribution in [3.8, 4) is 0 Å². The van der Waals surface area contributed by atoms with Crippen molar-refractivity contribution in [3.05, 3.63) is 71.3 Å². The zero-order chi connectivity index (χ0) is 24.1. The van der Waals surface area contributed by atoms with Crippen molar-refractivity contribution in [2.24, 2.45) is 5.92 Å². The molecule has 2 fully saturated rings. The Morgan fingerprint density at radius 1 is 0.735 bits per heavy atom. The summed E-state index contributed by atoms with van der Waals surface area (Å²) in [5.74, 6) is 0.186. The Morgan fingerprint density at radius 2 is 1.24 bits per heavy atom. The molecule has 6 heteroatoms. The van der Waals surface area contributed by atoms with Crippen molar-refractivity contribution in [1.29, 1.82) is 0 Å². The van der Waals surface area contributed by atoms with Crippen molar-refractivity contribution in [2.75, 3.05) is 39.3 Å². The van der Waals surface area contributed by atoms with E-state index in [2.05, 4.69) is 23.6 Å². The Balaban J connectivity index is 1.48. The number of amides is 1. The minimum atomic E-state index is -0.272. The summed E-state index contributed by atoms with van der Waals surface area (Å²) in [7, 11) is 0. The fourth-order valence-corrected chi connectivity index (χ4v) is 5.40. The van der Waals surface area contributed by atoms with Crippen molar-refractivity contribution in [2.45, 2.75) is 51.6 Å². The van der Waals surface area contributed by atoms with E-state index in [1.807, 2.05) is 4.90 Å². The molecule has 2 aromatic carbocycles. The number of piperazine rings is 1. The molecule has 0 spiro atoms. The molecule has 34 heavy (non-hydrogen) atoms. The van der Waals surface area contributed by atoms with Gasteiger partial charge < -0.3 is 4.90 Å². The number of nitrogens with zero attached hydrogens (tertiary/aromatic N) is 3. The molecule has 0 N–H and O–H groups in total. The van der Waals surface area contributed by atoms with Crippen LogP contribution in [0.15, 0.2) is 48.5 Å². The van der Waals surface area contributed by atoms with Crippen LogP contribution in [0.1, 0.15) is 56.7 Å². The summed E-state index contributed by atoms with van der Waals surface area (Å²) in [6, 6.07) is 13.0. The Hall–Kier alpha value is -2.31. The van der Waals surface area contributed by atoms with Gasteiger partial charge in [-0.05, 0) is 73.7 Å². The van der Waals surface area contributed by atoms with Crippen molar-refractivity contribution in [3.63, 3.8) is 0 Å². The average molecular weight is 470 g/mol. The molecular formula is C28H37F2N3O. The molecule has 2 aromatic rings. The van der Waals surface area contributed by atoms with Crippen LogP contribution >= 0.6 is 0 Å². The minimum absolute atomic E-state index is 0.0307. The van der Waals surface area contributed by atoms with E-state index in [1.165, 1.54) is 43.5 Å². The van der Waals surface area contributed by atoms with E-state index in [9.17, 15) is 13.6 Å². The van der Waals surface area contributed by atoms with Crippen molar-refractivity contribution in [1.82, 2.24) is 14.7 Å². The monoisotopic (exact) mass is 469 g/mol. The number of likely N-dealkylation sites (tertiary alicyclic amines) is 1. The average Bonchev–Trinajstić information content (AvgIpc) is 2.85. The third-order valence-corrected chi connectivity index (χ3v) is 7.17. The number of halogens is 2. The second-order valence-corrected chi connectivity index (χ2v) is 10.1. The van der Waals surface area contributed by atoms with Gasteiger partial charge in [0.25, 0.3) is 0 Å². The Morgan fingerprint density at radius 3 is 1.71 bits per heavy atom. The molecule has 2 aliphatic heterocycles. The highest BCUT2D eigenvalue weighted by atomic mass is 19.1. The third kappa shape index (κ3) is 6.02. The van der Waals surface area contributed by atoms with Gasteiger partial charge in [-0.2, -0.15) is 0 Å². The third-order valence-electron chi connectivity index (χ3n) is 7.17. The number of hydrogen-bond donors (Lipinski definition) is 0. The van der Waals surface area contributed by atoms with Crippen molar-refractivity contribution < 1.29 is 13.6 Å². The summed E-state index contributed by atoms with van der Waals surface area (Å²) in [5, 5.41) is 0. The summed E-state index contributed by atoms with van der Waals surface area (Å²) in [6.07, 6.45) is 4.50. The number of carbonyl (C=O) groups is 1. The molecule has 0 saturated carbocycles. The summed E-state index contributed by atoms with van der Waals surface area (Å²) in [5.41, 5.74) is 1.94. The first-order valence-corrected chi connectivity index (χ1v) is 12.7. The molecule has 2 aliphatic rings. The number of hydrogen-bond acceptors (Lipinski definition) is 3. The molecule has 4 rings (SSSR count). The number of benzene rings is 2. The van der Waals surface area contributed by atoms with Crippen LogP contribution in [-0.2, 0) is 4.79 Å². The predicted molar refractivity (Wildman–Crippen MR) is 131 cm³/mol. The highest BCUT2D eigenvalue weighted by Gasteiger charge is 2.34. The van der Waals surface area contributed by atoms with Gasteiger partial charge in [-0.1, -0.05) is 44.5 Å². The standard InChI is InChI=1S/C28H37F2N3O/c1-21(2)20-26(31-14-4-3-5-15-31)28(34)33-18-16-32(17-19-33)27(22-6-10-24(29)11-7-22)23-8-12-25(30)13-9-23/h6-13,21,26-27H,3-5,14-20H2,1-2H3. The molecule has 0 aliphatic carbocycles. The minimum Gasteiger partial charge on any atom is -0.339 e. The van der Waals surface area contributed by atoms with Gasteiger partial charge in [0.2, 0.25) is 5.91 Å². The van der Waals surface area contributed by atoms with Crippen LogP contribution < -0.4 is 0 Å². The quantitative estimate of drug-likeness (QED) is 0.565. The molecule has 0 aromatic heterocycles. The van der Waals surface area contributed by atoms with Gasteiger partial charge in [0.05, 0.1) is 12.1 Å². The molecular weight excluding hydrogens is 432 g/mol. The zero-order valence-electron chi connectivity index (χ0n) is 20.4. The fourth-order valence-electron chi connectivity index (χ4n) is 5.40. The number of piperidine rings is 1. The zero-order valence-corrected chi connectivity index (χ0v) is 20.4. The molecule has 184 valence electrons. The Bertz CT molecular complexity index is 872. The summed E-state index contributed by atoms with van der Waals surface area (Å²) < 4.78 is 27.2. The lowest BCUT2D eigenvalue weighted by Crippen LogP contribution is -2.56. The van der Waals surface area contributed by atoms with Gasteiger partial charge in [0, 0.05) is 26.2 Å². The molecule has 1 atom stereocenters.